The van der Waals surface area contributed by atoms with Gasteiger partial charge in [0.2, 0.25) is 0 Å². The number of carbonyl (C=O) groups excluding carboxylic acids is 1. The van der Waals surface area contributed by atoms with Crippen LogP contribution in [-0.2, 0) is 22.6 Å². The van der Waals surface area contributed by atoms with Gasteiger partial charge < -0.3 is 9.72 Å². The minimum absolute atomic E-state index is 0.00547. The summed E-state index contributed by atoms with van der Waals surface area (Å²) < 4.78 is 5.66. The molecule has 3 rings (SSSR count). The Bertz CT molecular complexity index is 824. The first-order valence-corrected chi connectivity index (χ1v) is 9.31. The van der Waals surface area contributed by atoms with Gasteiger partial charge in [-0.15, -0.1) is 0 Å². The number of aromatic amines is 1. The molecule has 0 aliphatic heterocycles. The summed E-state index contributed by atoms with van der Waals surface area (Å²) >= 11 is 0. The van der Waals surface area contributed by atoms with E-state index in [-0.39, 0.29) is 23.2 Å². The molecule has 1 N–H and O–H groups in total. The van der Waals surface area contributed by atoms with Gasteiger partial charge in [0.15, 0.2) is 0 Å². The average Bonchev–Trinajstić information content (AvgIpc) is 2.89. The molecule has 1 aliphatic rings. The summed E-state index contributed by atoms with van der Waals surface area (Å²) in [6, 6.07) is 10.6. The average molecular weight is 351 g/mol. The number of nitrogens with one attached hydrogen (secondary N) is 1. The Morgan fingerprint density at radius 1 is 1.27 bits per heavy atom. The van der Waals surface area contributed by atoms with E-state index in [1.807, 2.05) is 6.20 Å². The zero-order chi connectivity index (χ0) is 18.9. The van der Waals surface area contributed by atoms with E-state index in [9.17, 15) is 4.79 Å². The molecule has 3 nitrogen and oxygen atoms in total. The number of H-pyrrole nitrogens is 1. The third kappa shape index (κ3) is 3.92. The standard InChI is InChI=1S/C23H29NO2/c1-15(2)11-19-21(23(19,4)5)22(25)26-14-20-18(9-10-24-20)13-17-8-6-7-16(3)12-17/h6-12,19,21,24H,13-14H2,1-5H3. The quantitative estimate of drug-likeness (QED) is 0.574. The van der Waals surface area contributed by atoms with Gasteiger partial charge in [-0.25, -0.2) is 0 Å². The molecular formula is C23H29NO2. The van der Waals surface area contributed by atoms with Gasteiger partial charge in [0.05, 0.1) is 11.6 Å². The summed E-state index contributed by atoms with van der Waals surface area (Å²) in [5.41, 5.74) is 5.94. The number of rotatable bonds is 6. The number of benzene rings is 1. The number of allylic oxidation sites excluding steroid dienone is 2. The van der Waals surface area contributed by atoms with Gasteiger partial charge in [-0.3, -0.25) is 4.79 Å². The SMILES string of the molecule is CC(C)=CC1C(C(=O)OCc2[nH]ccc2Cc2cccc(C)c2)C1(C)C. The molecule has 138 valence electrons. The van der Waals surface area contributed by atoms with Crippen molar-refractivity contribution in [1.29, 1.82) is 0 Å². The second-order valence-corrected chi connectivity index (χ2v) is 8.32. The number of aryl methyl sites for hydroxylation is 1. The normalized spacial score (nSPS) is 20.5. The van der Waals surface area contributed by atoms with E-state index in [1.165, 1.54) is 22.3 Å². The Morgan fingerprint density at radius 2 is 2.04 bits per heavy atom. The lowest BCUT2D eigenvalue weighted by atomic mass is 10.0. The fourth-order valence-electron chi connectivity index (χ4n) is 3.81. The van der Waals surface area contributed by atoms with E-state index < -0.39 is 0 Å². The smallest absolute Gasteiger partial charge is 0.310 e. The zero-order valence-corrected chi connectivity index (χ0v) is 16.4. The molecule has 26 heavy (non-hydrogen) atoms. The molecule has 1 saturated carbocycles. The lowest BCUT2D eigenvalue weighted by Gasteiger charge is -2.08. The molecular weight excluding hydrogens is 322 g/mol. The van der Waals surface area contributed by atoms with Gasteiger partial charge in [0.1, 0.15) is 6.61 Å². The maximum Gasteiger partial charge on any atom is 0.310 e. The summed E-state index contributed by atoms with van der Waals surface area (Å²) in [7, 11) is 0. The van der Waals surface area contributed by atoms with Crippen LogP contribution in [0, 0.1) is 24.2 Å². The van der Waals surface area contributed by atoms with Crippen molar-refractivity contribution in [2.45, 2.75) is 47.6 Å². The van der Waals surface area contributed by atoms with Crippen molar-refractivity contribution in [1.82, 2.24) is 4.98 Å². The molecule has 0 bridgehead atoms. The molecule has 1 aromatic carbocycles. The van der Waals surface area contributed by atoms with Crippen LogP contribution in [0.1, 0.15) is 50.1 Å². The van der Waals surface area contributed by atoms with Crippen molar-refractivity contribution >= 4 is 5.97 Å². The highest BCUT2D eigenvalue weighted by Crippen LogP contribution is 2.59. The van der Waals surface area contributed by atoms with Crippen LogP contribution in [0.15, 0.2) is 48.2 Å². The number of carbonyl (C=O) groups is 1. The predicted octanol–water partition coefficient (Wildman–Crippen LogP) is 5.20. The molecule has 0 saturated heterocycles. The van der Waals surface area contributed by atoms with E-state index in [0.29, 0.717) is 6.61 Å². The summed E-state index contributed by atoms with van der Waals surface area (Å²) in [5, 5.41) is 0. The van der Waals surface area contributed by atoms with Gasteiger partial charge in [0, 0.05) is 6.20 Å². The van der Waals surface area contributed by atoms with Gasteiger partial charge in [0.25, 0.3) is 0 Å². The second kappa shape index (κ2) is 7.14. The topological polar surface area (TPSA) is 42.1 Å². The van der Waals surface area contributed by atoms with Gasteiger partial charge in [-0.2, -0.15) is 0 Å². The molecule has 1 aliphatic carbocycles. The first-order chi connectivity index (χ1) is 12.3. The Balaban J connectivity index is 1.62. The Hall–Kier alpha value is -2.29. The minimum Gasteiger partial charge on any atom is -0.459 e. The first-order valence-electron chi connectivity index (χ1n) is 9.31. The molecule has 2 aromatic rings. The highest BCUT2D eigenvalue weighted by Gasteiger charge is 2.61. The maximum absolute atomic E-state index is 12.6. The molecule has 0 amide bonds. The first kappa shape index (κ1) is 18.5. The molecule has 1 fully saturated rings. The van der Waals surface area contributed by atoms with E-state index in [1.54, 1.807) is 0 Å². The second-order valence-electron chi connectivity index (χ2n) is 8.32. The third-order valence-corrected chi connectivity index (χ3v) is 5.44. The van der Waals surface area contributed by atoms with Crippen molar-refractivity contribution in [2.24, 2.45) is 17.3 Å². The maximum atomic E-state index is 12.6. The fraction of sp³-hybridized carbons (Fsp3) is 0.435. The summed E-state index contributed by atoms with van der Waals surface area (Å²) in [4.78, 5) is 15.8. The van der Waals surface area contributed by atoms with Crippen LogP contribution in [0.5, 0.6) is 0 Å². The summed E-state index contributed by atoms with van der Waals surface area (Å²) in [6.07, 6.45) is 4.96. The number of esters is 1. The number of hydrogen-bond acceptors (Lipinski definition) is 2. The Labute approximate surface area is 156 Å². The van der Waals surface area contributed by atoms with Crippen LogP contribution in [0.4, 0.5) is 0 Å². The van der Waals surface area contributed by atoms with E-state index >= 15 is 0 Å². The van der Waals surface area contributed by atoms with Gasteiger partial charge in [-0.05, 0) is 55.7 Å². The van der Waals surface area contributed by atoms with Crippen molar-refractivity contribution in [3.63, 3.8) is 0 Å². The van der Waals surface area contributed by atoms with Crippen molar-refractivity contribution < 1.29 is 9.53 Å². The Morgan fingerprint density at radius 3 is 2.73 bits per heavy atom. The van der Waals surface area contributed by atoms with Crippen LogP contribution in [-0.4, -0.2) is 11.0 Å². The lowest BCUT2D eigenvalue weighted by molar-refractivity contribution is -0.147. The van der Waals surface area contributed by atoms with Crippen LogP contribution < -0.4 is 0 Å². The minimum atomic E-state index is -0.0893. The van der Waals surface area contributed by atoms with Crippen LogP contribution in [0.3, 0.4) is 0 Å². The highest BCUT2D eigenvalue weighted by atomic mass is 16.5. The largest absolute Gasteiger partial charge is 0.459 e. The summed E-state index contributed by atoms with van der Waals surface area (Å²) in [6.45, 7) is 10.8. The molecule has 1 aromatic heterocycles. The van der Waals surface area contributed by atoms with E-state index in [4.69, 9.17) is 4.74 Å². The molecule has 1 heterocycles. The third-order valence-electron chi connectivity index (χ3n) is 5.44. The monoisotopic (exact) mass is 351 g/mol. The van der Waals surface area contributed by atoms with Gasteiger partial charge >= 0.3 is 5.97 Å². The van der Waals surface area contributed by atoms with Crippen molar-refractivity contribution in [3.05, 3.63) is 70.6 Å². The van der Waals surface area contributed by atoms with Crippen molar-refractivity contribution in [3.8, 4) is 0 Å². The fourth-order valence-corrected chi connectivity index (χ4v) is 3.81. The van der Waals surface area contributed by atoms with Crippen molar-refractivity contribution in [2.75, 3.05) is 0 Å². The number of aromatic nitrogens is 1. The molecule has 3 heteroatoms. The van der Waals surface area contributed by atoms with E-state index in [2.05, 4.69) is 76.0 Å². The number of hydrogen-bond donors (Lipinski definition) is 1. The molecule has 2 unspecified atom stereocenters. The molecule has 2 atom stereocenters. The highest BCUT2D eigenvalue weighted by molar-refractivity contribution is 5.78. The molecule has 0 spiro atoms. The van der Waals surface area contributed by atoms with Gasteiger partial charge in [-0.1, -0.05) is 55.3 Å². The zero-order valence-electron chi connectivity index (χ0n) is 16.4. The predicted molar refractivity (Wildman–Crippen MR) is 105 cm³/mol. The van der Waals surface area contributed by atoms with Crippen LogP contribution >= 0.6 is 0 Å². The summed E-state index contributed by atoms with van der Waals surface area (Å²) in [5.74, 6) is 0.164. The van der Waals surface area contributed by atoms with E-state index in [0.717, 1.165) is 12.1 Å². The van der Waals surface area contributed by atoms with Crippen LogP contribution in [0.2, 0.25) is 0 Å². The number of ether oxygens (including phenoxy) is 1. The lowest BCUT2D eigenvalue weighted by Crippen LogP contribution is -2.11. The Kier molecular flexibility index (Phi) is 5.08. The van der Waals surface area contributed by atoms with Crippen LogP contribution in [0.25, 0.3) is 0 Å². The molecule has 0 radical (unpaired) electrons.